The molecule has 0 aromatic heterocycles. The van der Waals surface area contributed by atoms with E-state index in [2.05, 4.69) is 5.73 Å². The number of rotatable bonds is 3. The molecule has 0 amide bonds. The molecule has 0 atom stereocenters. The summed E-state index contributed by atoms with van der Waals surface area (Å²) in [6, 6.07) is 0. The van der Waals surface area contributed by atoms with Gasteiger partial charge in [-0.15, -0.1) is 0 Å². The van der Waals surface area contributed by atoms with Crippen LogP contribution in [-0.2, 0) is 4.79 Å². The summed E-state index contributed by atoms with van der Waals surface area (Å²) in [5, 5.41) is 16.0. The van der Waals surface area contributed by atoms with Crippen molar-refractivity contribution in [2.45, 2.75) is 5.92 Å². The molecule has 0 saturated heterocycles. The van der Waals surface area contributed by atoms with E-state index >= 15 is 0 Å². The third kappa shape index (κ3) is 3.33. The minimum absolute atomic E-state index is 0.689. The van der Waals surface area contributed by atoms with Crippen molar-refractivity contribution in [1.82, 2.24) is 5.32 Å². The molecular formula is C4H7F2N3O2. The lowest BCUT2D eigenvalue weighted by Crippen LogP contribution is -2.44. The summed E-state index contributed by atoms with van der Waals surface area (Å²) >= 11 is 0. The Labute approximate surface area is 60.7 Å². The molecule has 5 nitrogen and oxygen atoms in total. The molecule has 11 heavy (non-hydrogen) atoms. The van der Waals surface area contributed by atoms with E-state index in [1.54, 1.807) is 5.32 Å². The maximum absolute atomic E-state index is 12.1. The first-order valence-corrected chi connectivity index (χ1v) is 2.55. The molecule has 0 aliphatic rings. The fourth-order valence-electron chi connectivity index (χ4n) is 0.282. The molecule has 5 N–H and O–H groups in total. The van der Waals surface area contributed by atoms with Crippen LogP contribution in [0.5, 0.6) is 0 Å². The number of aliphatic carboxylic acids is 1. The summed E-state index contributed by atoms with van der Waals surface area (Å²) in [4.78, 5) is 9.73. The van der Waals surface area contributed by atoms with E-state index < -0.39 is 24.4 Å². The highest BCUT2D eigenvalue weighted by molar-refractivity contribution is 5.78. The fraction of sp³-hybridized carbons (Fsp3) is 0.500. The first kappa shape index (κ1) is 9.60. The van der Waals surface area contributed by atoms with Gasteiger partial charge in [-0.2, -0.15) is 8.78 Å². The zero-order valence-electron chi connectivity index (χ0n) is 5.40. The van der Waals surface area contributed by atoms with E-state index in [-0.39, 0.29) is 0 Å². The molecule has 0 saturated carbocycles. The molecule has 0 radical (unpaired) electrons. The van der Waals surface area contributed by atoms with Crippen molar-refractivity contribution in [1.29, 1.82) is 5.41 Å². The predicted octanol–water partition coefficient (Wildman–Crippen LogP) is -0.811. The van der Waals surface area contributed by atoms with Crippen LogP contribution in [0.25, 0.3) is 0 Å². The van der Waals surface area contributed by atoms with Crippen molar-refractivity contribution in [3.05, 3.63) is 0 Å². The van der Waals surface area contributed by atoms with Crippen LogP contribution in [0.4, 0.5) is 8.78 Å². The minimum Gasteiger partial charge on any atom is -0.477 e. The highest BCUT2D eigenvalue weighted by atomic mass is 19.3. The zero-order valence-corrected chi connectivity index (χ0v) is 5.40. The second-order valence-corrected chi connectivity index (χ2v) is 1.78. The van der Waals surface area contributed by atoms with E-state index in [0.717, 1.165) is 0 Å². The number of nitrogens with one attached hydrogen (secondary N) is 2. The van der Waals surface area contributed by atoms with Crippen LogP contribution in [0, 0.1) is 5.41 Å². The number of hydrogen-bond donors (Lipinski definition) is 4. The molecule has 0 aliphatic heterocycles. The Balaban J connectivity index is 3.92. The molecule has 7 heteroatoms. The van der Waals surface area contributed by atoms with Crippen molar-refractivity contribution in [2.75, 3.05) is 6.54 Å². The second-order valence-electron chi connectivity index (χ2n) is 1.78. The second kappa shape index (κ2) is 3.13. The summed E-state index contributed by atoms with van der Waals surface area (Å²) in [5.74, 6) is -6.82. The topological polar surface area (TPSA) is 99.2 Å². The number of halogens is 2. The Morgan fingerprint density at radius 2 is 2.18 bits per heavy atom. The van der Waals surface area contributed by atoms with Gasteiger partial charge in [0.2, 0.25) is 0 Å². The molecule has 0 spiro atoms. The fourth-order valence-corrected chi connectivity index (χ4v) is 0.282. The lowest BCUT2D eigenvalue weighted by atomic mass is 10.3. The molecule has 0 aromatic carbocycles. The van der Waals surface area contributed by atoms with Crippen molar-refractivity contribution < 1.29 is 18.7 Å². The quantitative estimate of drug-likeness (QED) is 0.326. The summed E-state index contributed by atoms with van der Waals surface area (Å²) < 4.78 is 24.2. The molecule has 0 bridgehead atoms. The van der Waals surface area contributed by atoms with Crippen LogP contribution >= 0.6 is 0 Å². The smallest absolute Gasteiger partial charge is 0.376 e. The van der Waals surface area contributed by atoms with E-state index in [0.29, 0.717) is 0 Å². The van der Waals surface area contributed by atoms with Gasteiger partial charge in [0.25, 0.3) is 0 Å². The predicted molar refractivity (Wildman–Crippen MR) is 32.5 cm³/mol. The number of nitrogens with two attached hydrogens (primary N) is 1. The highest BCUT2D eigenvalue weighted by Crippen LogP contribution is 2.10. The van der Waals surface area contributed by atoms with Crippen LogP contribution in [0.1, 0.15) is 0 Å². The van der Waals surface area contributed by atoms with Gasteiger partial charge in [0.05, 0.1) is 6.54 Å². The Morgan fingerprint density at radius 3 is 2.45 bits per heavy atom. The molecular weight excluding hydrogens is 160 g/mol. The summed E-state index contributed by atoms with van der Waals surface area (Å²) in [5.41, 5.74) is 4.65. The lowest BCUT2D eigenvalue weighted by Gasteiger charge is -2.10. The SMILES string of the molecule is N=C(N)NCC(F)(F)C(=O)O. The maximum atomic E-state index is 12.1. The normalized spacial score (nSPS) is 10.7. The number of carbonyl (C=O) groups is 1. The monoisotopic (exact) mass is 167 g/mol. The van der Waals surface area contributed by atoms with Gasteiger partial charge in [-0.3, -0.25) is 5.41 Å². The number of carboxylic acid groups (broad SMARTS) is 1. The highest BCUT2D eigenvalue weighted by Gasteiger charge is 2.38. The number of alkyl halides is 2. The first-order chi connectivity index (χ1) is 4.86. The van der Waals surface area contributed by atoms with Gasteiger partial charge < -0.3 is 16.2 Å². The van der Waals surface area contributed by atoms with E-state index in [1.165, 1.54) is 0 Å². The average molecular weight is 167 g/mol. The third-order valence-corrected chi connectivity index (χ3v) is 0.814. The Morgan fingerprint density at radius 1 is 1.73 bits per heavy atom. The molecule has 0 aliphatic carbocycles. The van der Waals surface area contributed by atoms with Crippen LogP contribution in [0.15, 0.2) is 0 Å². The summed E-state index contributed by atoms with van der Waals surface area (Å²) in [6.45, 7) is -1.17. The molecule has 0 fully saturated rings. The van der Waals surface area contributed by atoms with E-state index in [1.807, 2.05) is 0 Å². The first-order valence-electron chi connectivity index (χ1n) is 2.55. The molecule has 0 unspecified atom stereocenters. The van der Waals surface area contributed by atoms with Gasteiger partial charge in [-0.05, 0) is 0 Å². The molecule has 0 heterocycles. The van der Waals surface area contributed by atoms with Crippen molar-refractivity contribution in [3.8, 4) is 0 Å². The van der Waals surface area contributed by atoms with Crippen molar-refractivity contribution in [2.24, 2.45) is 5.73 Å². The van der Waals surface area contributed by atoms with Crippen molar-refractivity contribution in [3.63, 3.8) is 0 Å². The molecule has 0 rings (SSSR count). The average Bonchev–Trinajstić information content (AvgIpc) is 1.84. The van der Waals surface area contributed by atoms with Gasteiger partial charge in [0.15, 0.2) is 5.96 Å². The van der Waals surface area contributed by atoms with Crippen LogP contribution in [0.3, 0.4) is 0 Å². The maximum Gasteiger partial charge on any atom is 0.376 e. The van der Waals surface area contributed by atoms with E-state index in [9.17, 15) is 13.6 Å². The summed E-state index contributed by atoms with van der Waals surface area (Å²) in [6.07, 6.45) is 0. The van der Waals surface area contributed by atoms with Gasteiger partial charge in [0.1, 0.15) is 0 Å². The zero-order chi connectivity index (χ0) is 9.07. The van der Waals surface area contributed by atoms with Crippen LogP contribution < -0.4 is 11.1 Å². The Kier molecular flexibility index (Phi) is 2.73. The van der Waals surface area contributed by atoms with E-state index in [4.69, 9.17) is 10.5 Å². The third-order valence-electron chi connectivity index (χ3n) is 0.814. The standard InChI is InChI=1S/C4H7F2N3O2/c5-4(6,2(10)11)1-9-3(7)8/h1H2,(H,10,11)(H4,7,8,9). The number of hydrogen-bond acceptors (Lipinski definition) is 2. The number of carboxylic acids is 1. The number of guanidine groups is 1. The van der Waals surface area contributed by atoms with Crippen molar-refractivity contribution >= 4 is 11.9 Å². The van der Waals surface area contributed by atoms with Gasteiger partial charge in [-0.1, -0.05) is 0 Å². The van der Waals surface area contributed by atoms with Gasteiger partial charge in [-0.25, -0.2) is 4.79 Å². The van der Waals surface area contributed by atoms with Crippen LogP contribution in [-0.4, -0.2) is 29.5 Å². The van der Waals surface area contributed by atoms with Crippen LogP contribution in [0.2, 0.25) is 0 Å². The largest absolute Gasteiger partial charge is 0.477 e. The Bertz CT molecular complexity index is 182. The van der Waals surface area contributed by atoms with Gasteiger partial charge >= 0.3 is 11.9 Å². The molecule has 64 valence electrons. The minimum atomic E-state index is -3.88. The molecule has 0 aromatic rings. The summed E-state index contributed by atoms with van der Waals surface area (Å²) in [7, 11) is 0. The lowest BCUT2D eigenvalue weighted by molar-refractivity contribution is -0.163. The van der Waals surface area contributed by atoms with Gasteiger partial charge in [0, 0.05) is 0 Å². The Hall–Kier alpha value is -1.40.